The zero-order valence-corrected chi connectivity index (χ0v) is 13.8. The van der Waals surface area contributed by atoms with E-state index in [0.29, 0.717) is 22.4 Å². The lowest BCUT2D eigenvalue weighted by atomic mass is 10.2. The molecule has 0 radical (unpaired) electrons. The second-order valence-electron chi connectivity index (χ2n) is 4.75. The van der Waals surface area contributed by atoms with Gasteiger partial charge in [0.25, 0.3) is 0 Å². The van der Waals surface area contributed by atoms with Crippen LogP contribution < -0.4 is 15.4 Å². The summed E-state index contributed by atoms with van der Waals surface area (Å²) in [6.45, 7) is 2.39. The van der Waals surface area contributed by atoms with Gasteiger partial charge in [0.15, 0.2) is 5.11 Å². The Labute approximate surface area is 139 Å². The van der Waals surface area contributed by atoms with Gasteiger partial charge in [-0.2, -0.15) is 0 Å². The molecule has 0 aliphatic heterocycles. The van der Waals surface area contributed by atoms with Crippen molar-refractivity contribution in [2.75, 3.05) is 12.4 Å². The van der Waals surface area contributed by atoms with E-state index in [1.807, 2.05) is 25.1 Å². The van der Waals surface area contributed by atoms with E-state index in [-0.39, 0.29) is 5.82 Å². The smallest absolute Gasteiger partial charge is 0.171 e. The third-order valence-corrected chi connectivity index (χ3v) is 3.66. The van der Waals surface area contributed by atoms with E-state index in [0.717, 1.165) is 16.8 Å². The maximum Gasteiger partial charge on any atom is 0.171 e. The molecule has 6 heteroatoms. The summed E-state index contributed by atoms with van der Waals surface area (Å²) < 4.78 is 18.3. The van der Waals surface area contributed by atoms with Crippen LogP contribution in [0, 0.1) is 12.7 Å². The number of rotatable bonds is 4. The van der Waals surface area contributed by atoms with Crippen LogP contribution in [-0.2, 0) is 6.54 Å². The van der Waals surface area contributed by atoms with Gasteiger partial charge in [-0.05, 0) is 54.5 Å². The molecule has 2 rings (SSSR count). The van der Waals surface area contributed by atoms with Crippen molar-refractivity contribution in [2.45, 2.75) is 13.5 Å². The van der Waals surface area contributed by atoms with Gasteiger partial charge in [0.2, 0.25) is 0 Å². The van der Waals surface area contributed by atoms with Crippen LogP contribution in [0.5, 0.6) is 5.75 Å². The molecule has 116 valence electrons. The van der Waals surface area contributed by atoms with Crippen LogP contribution in [0.2, 0.25) is 5.02 Å². The largest absolute Gasteiger partial charge is 0.495 e. The summed E-state index contributed by atoms with van der Waals surface area (Å²) in [6, 6.07) is 10.0. The molecule has 0 fully saturated rings. The quantitative estimate of drug-likeness (QED) is 0.815. The van der Waals surface area contributed by atoms with Crippen LogP contribution in [-0.4, -0.2) is 12.2 Å². The molecular weight excluding hydrogens is 323 g/mol. The third kappa shape index (κ3) is 4.32. The minimum atomic E-state index is -0.362. The van der Waals surface area contributed by atoms with E-state index in [9.17, 15) is 4.39 Å². The van der Waals surface area contributed by atoms with Gasteiger partial charge in [-0.1, -0.05) is 23.7 Å². The summed E-state index contributed by atoms with van der Waals surface area (Å²) in [6.07, 6.45) is 0. The summed E-state index contributed by atoms with van der Waals surface area (Å²) in [5, 5.41) is 6.92. The molecule has 22 heavy (non-hydrogen) atoms. The summed E-state index contributed by atoms with van der Waals surface area (Å²) in [4.78, 5) is 0. The van der Waals surface area contributed by atoms with Crippen molar-refractivity contribution in [3.05, 3.63) is 58.4 Å². The number of nitrogens with one attached hydrogen (secondary N) is 2. The molecule has 0 aliphatic rings. The minimum Gasteiger partial charge on any atom is -0.495 e. The van der Waals surface area contributed by atoms with E-state index < -0.39 is 0 Å². The third-order valence-electron chi connectivity index (χ3n) is 3.06. The molecule has 2 N–H and O–H groups in total. The Hall–Kier alpha value is -1.85. The second-order valence-corrected chi connectivity index (χ2v) is 5.56. The van der Waals surface area contributed by atoms with Gasteiger partial charge in [0, 0.05) is 11.6 Å². The number of ether oxygens (including phenoxy) is 1. The van der Waals surface area contributed by atoms with Crippen molar-refractivity contribution >= 4 is 34.6 Å². The molecule has 2 aromatic rings. The molecule has 0 amide bonds. The van der Waals surface area contributed by atoms with Crippen molar-refractivity contribution in [2.24, 2.45) is 0 Å². The number of methoxy groups -OCH3 is 1. The Morgan fingerprint density at radius 3 is 2.73 bits per heavy atom. The SMILES string of the molecule is COc1ccc(C)cc1NC(=S)NCc1ccc(F)cc1Cl. The zero-order chi connectivity index (χ0) is 16.1. The normalized spacial score (nSPS) is 10.2. The van der Waals surface area contributed by atoms with Crippen molar-refractivity contribution in [1.82, 2.24) is 5.32 Å². The van der Waals surface area contributed by atoms with E-state index in [2.05, 4.69) is 10.6 Å². The number of benzene rings is 2. The van der Waals surface area contributed by atoms with Crippen molar-refractivity contribution in [1.29, 1.82) is 0 Å². The first kappa shape index (κ1) is 16.5. The Bertz CT molecular complexity index is 694. The Morgan fingerprint density at radius 1 is 1.27 bits per heavy atom. The fourth-order valence-electron chi connectivity index (χ4n) is 1.93. The number of hydrogen-bond donors (Lipinski definition) is 2. The monoisotopic (exact) mass is 338 g/mol. The maximum absolute atomic E-state index is 13.0. The highest BCUT2D eigenvalue weighted by Gasteiger charge is 2.06. The fraction of sp³-hybridized carbons (Fsp3) is 0.188. The van der Waals surface area contributed by atoms with Crippen LogP contribution in [0.3, 0.4) is 0 Å². The highest BCUT2D eigenvalue weighted by molar-refractivity contribution is 7.80. The molecule has 0 aromatic heterocycles. The van der Waals surface area contributed by atoms with Gasteiger partial charge in [-0.15, -0.1) is 0 Å². The van der Waals surface area contributed by atoms with Gasteiger partial charge in [0.1, 0.15) is 11.6 Å². The molecular formula is C16H16ClFN2OS. The predicted molar refractivity (Wildman–Crippen MR) is 92.2 cm³/mol. The summed E-state index contributed by atoms with van der Waals surface area (Å²) in [5.41, 5.74) is 2.64. The van der Waals surface area contributed by atoms with Crippen LogP contribution in [0.1, 0.15) is 11.1 Å². The van der Waals surface area contributed by atoms with Crippen LogP contribution >= 0.6 is 23.8 Å². The molecule has 0 saturated heterocycles. The van der Waals surface area contributed by atoms with E-state index in [1.165, 1.54) is 12.1 Å². The second kappa shape index (κ2) is 7.42. The fourth-order valence-corrected chi connectivity index (χ4v) is 2.34. The number of hydrogen-bond acceptors (Lipinski definition) is 2. The summed E-state index contributed by atoms with van der Waals surface area (Å²) in [7, 11) is 1.60. The molecule has 0 bridgehead atoms. The molecule has 0 saturated carbocycles. The maximum atomic E-state index is 13.0. The van der Waals surface area contributed by atoms with Gasteiger partial charge < -0.3 is 15.4 Å². The molecule has 0 heterocycles. The van der Waals surface area contributed by atoms with Crippen molar-refractivity contribution in [3.8, 4) is 5.75 Å². The molecule has 0 spiro atoms. The highest BCUT2D eigenvalue weighted by Crippen LogP contribution is 2.25. The number of aryl methyl sites for hydroxylation is 1. The van der Waals surface area contributed by atoms with E-state index in [4.69, 9.17) is 28.6 Å². The molecule has 0 aliphatic carbocycles. The Morgan fingerprint density at radius 2 is 2.05 bits per heavy atom. The lowest BCUT2D eigenvalue weighted by Gasteiger charge is -2.14. The van der Waals surface area contributed by atoms with Crippen molar-refractivity contribution < 1.29 is 9.13 Å². The van der Waals surface area contributed by atoms with Gasteiger partial charge in [-0.25, -0.2) is 4.39 Å². The number of thiocarbonyl (C=S) groups is 1. The number of halogens is 2. The lowest BCUT2D eigenvalue weighted by molar-refractivity contribution is 0.417. The number of anilines is 1. The van der Waals surface area contributed by atoms with Crippen LogP contribution in [0.25, 0.3) is 0 Å². The van der Waals surface area contributed by atoms with Gasteiger partial charge >= 0.3 is 0 Å². The summed E-state index contributed by atoms with van der Waals surface area (Å²) >= 11 is 11.2. The van der Waals surface area contributed by atoms with Gasteiger partial charge in [0.05, 0.1) is 12.8 Å². The average Bonchev–Trinajstić information content (AvgIpc) is 2.46. The molecule has 0 atom stereocenters. The van der Waals surface area contributed by atoms with E-state index >= 15 is 0 Å². The first-order chi connectivity index (χ1) is 10.5. The van der Waals surface area contributed by atoms with Crippen LogP contribution in [0.15, 0.2) is 36.4 Å². The predicted octanol–water partition coefficient (Wildman–Crippen LogP) is 4.28. The highest BCUT2D eigenvalue weighted by atomic mass is 35.5. The first-order valence-corrected chi connectivity index (χ1v) is 7.41. The Kier molecular flexibility index (Phi) is 5.57. The lowest BCUT2D eigenvalue weighted by Crippen LogP contribution is -2.28. The first-order valence-electron chi connectivity index (χ1n) is 6.63. The topological polar surface area (TPSA) is 33.3 Å². The van der Waals surface area contributed by atoms with Crippen molar-refractivity contribution in [3.63, 3.8) is 0 Å². The zero-order valence-electron chi connectivity index (χ0n) is 12.2. The minimum absolute atomic E-state index is 0.362. The van der Waals surface area contributed by atoms with Gasteiger partial charge in [-0.3, -0.25) is 0 Å². The molecule has 3 nitrogen and oxygen atoms in total. The van der Waals surface area contributed by atoms with Crippen LogP contribution in [0.4, 0.5) is 10.1 Å². The van der Waals surface area contributed by atoms with E-state index in [1.54, 1.807) is 13.2 Å². The molecule has 2 aromatic carbocycles. The summed E-state index contributed by atoms with van der Waals surface area (Å²) in [5.74, 6) is 0.341. The Balaban J connectivity index is 2.00. The standard InChI is InChI=1S/C16H16ClFN2OS/c1-10-3-6-15(21-2)14(7-10)20-16(22)19-9-11-4-5-12(18)8-13(11)17/h3-8H,9H2,1-2H3,(H2,19,20,22). The average molecular weight is 339 g/mol. The molecule has 0 unspecified atom stereocenters.